The Hall–Kier alpha value is -0.440. The summed E-state index contributed by atoms with van der Waals surface area (Å²) in [7, 11) is -3.28. The van der Waals surface area contributed by atoms with Gasteiger partial charge >= 0.3 is 7.60 Å². The van der Waals surface area contributed by atoms with Crippen molar-refractivity contribution in [1.29, 1.82) is 0 Å². The normalized spacial score (nSPS) is 33.2. The van der Waals surface area contributed by atoms with Gasteiger partial charge in [-0.3, -0.25) is 13.9 Å². The maximum absolute atomic E-state index is 11.9. The van der Waals surface area contributed by atoms with E-state index in [1.807, 2.05) is 0 Å². The van der Waals surface area contributed by atoms with Crippen LogP contribution in [0, 0.1) is 0 Å². The molecule has 0 aromatic carbocycles. The smallest absolute Gasteiger partial charge is 0.305 e. The fraction of sp³-hybridized carbons (Fsp3) is 0.625. The van der Waals surface area contributed by atoms with E-state index in [1.165, 1.54) is 6.92 Å². The van der Waals surface area contributed by atoms with Crippen molar-refractivity contribution in [2.24, 2.45) is 0 Å². The predicted octanol–water partition coefficient (Wildman–Crippen LogP) is 2.11. The molecule has 0 fully saturated rings. The molecule has 0 unspecified atom stereocenters. The highest BCUT2D eigenvalue weighted by Crippen LogP contribution is 2.61. The van der Waals surface area contributed by atoms with Crippen molar-refractivity contribution in [1.82, 2.24) is 0 Å². The lowest BCUT2D eigenvalue weighted by Crippen LogP contribution is -1.99. The van der Waals surface area contributed by atoms with E-state index in [2.05, 4.69) is 0 Å². The number of ketones is 1. The molecule has 1 aliphatic heterocycles. The first kappa shape index (κ1) is 10.6. The average Bonchev–Trinajstić information content (AvgIpc) is 2.26. The quantitative estimate of drug-likeness (QED) is 0.660. The number of allylic oxidation sites excluding steroid dienone is 1. The second-order valence-corrected chi connectivity index (χ2v) is 4.78. The standard InChI is InChI=1S/C8H13O4P/c1-4-11-13(10)8(7(3)9)5-6(2)12-13/h5-6H,4H2,1-3H3/t6-,13+/m0/s1. The second-order valence-electron chi connectivity index (χ2n) is 2.83. The van der Waals surface area contributed by atoms with Gasteiger partial charge in [-0.25, -0.2) is 0 Å². The molecule has 1 rings (SSSR count). The van der Waals surface area contributed by atoms with Crippen LogP contribution in [0.25, 0.3) is 0 Å². The van der Waals surface area contributed by atoms with E-state index in [4.69, 9.17) is 9.05 Å². The van der Waals surface area contributed by atoms with Gasteiger partial charge in [0, 0.05) is 0 Å². The van der Waals surface area contributed by atoms with Crippen LogP contribution < -0.4 is 0 Å². The van der Waals surface area contributed by atoms with E-state index in [0.29, 0.717) is 0 Å². The summed E-state index contributed by atoms with van der Waals surface area (Å²) in [5.74, 6) is -0.249. The van der Waals surface area contributed by atoms with E-state index >= 15 is 0 Å². The summed E-state index contributed by atoms with van der Waals surface area (Å²) >= 11 is 0. The Morgan fingerprint density at radius 2 is 2.38 bits per heavy atom. The highest BCUT2D eigenvalue weighted by atomic mass is 31.2. The molecule has 74 valence electrons. The van der Waals surface area contributed by atoms with E-state index in [9.17, 15) is 9.36 Å². The molecule has 2 atom stereocenters. The van der Waals surface area contributed by atoms with Crippen LogP contribution in [0.5, 0.6) is 0 Å². The van der Waals surface area contributed by atoms with Crippen molar-refractivity contribution in [2.45, 2.75) is 26.9 Å². The third kappa shape index (κ3) is 2.08. The van der Waals surface area contributed by atoms with Gasteiger partial charge in [0.05, 0.1) is 12.7 Å². The lowest BCUT2D eigenvalue weighted by molar-refractivity contribution is -0.113. The van der Waals surface area contributed by atoms with E-state index in [-0.39, 0.29) is 23.8 Å². The zero-order valence-corrected chi connectivity index (χ0v) is 8.84. The monoisotopic (exact) mass is 204 g/mol. The van der Waals surface area contributed by atoms with Crippen LogP contribution in [0.2, 0.25) is 0 Å². The van der Waals surface area contributed by atoms with Gasteiger partial charge in [0.15, 0.2) is 5.78 Å². The Labute approximate surface area is 77.4 Å². The molecule has 0 spiro atoms. The van der Waals surface area contributed by atoms with Crippen LogP contribution >= 0.6 is 7.60 Å². The van der Waals surface area contributed by atoms with Crippen LogP contribution in [0.15, 0.2) is 11.4 Å². The van der Waals surface area contributed by atoms with Gasteiger partial charge in [-0.05, 0) is 26.8 Å². The first-order valence-corrected chi connectivity index (χ1v) is 5.70. The molecule has 0 amide bonds. The van der Waals surface area contributed by atoms with Crippen molar-refractivity contribution in [3.05, 3.63) is 11.4 Å². The van der Waals surface area contributed by atoms with E-state index < -0.39 is 7.60 Å². The van der Waals surface area contributed by atoms with Gasteiger partial charge in [-0.1, -0.05) is 0 Å². The summed E-state index contributed by atoms with van der Waals surface area (Å²) in [4.78, 5) is 11.1. The van der Waals surface area contributed by atoms with Gasteiger partial charge in [-0.15, -0.1) is 0 Å². The van der Waals surface area contributed by atoms with Crippen LogP contribution in [0.3, 0.4) is 0 Å². The van der Waals surface area contributed by atoms with Crippen LogP contribution in [-0.4, -0.2) is 18.5 Å². The molecular weight excluding hydrogens is 191 g/mol. The molecule has 0 radical (unpaired) electrons. The minimum atomic E-state index is -3.28. The lowest BCUT2D eigenvalue weighted by atomic mass is 10.3. The fourth-order valence-electron chi connectivity index (χ4n) is 1.20. The molecule has 1 aliphatic rings. The SMILES string of the molecule is CCO[P@@]1(=O)O[C@@H](C)C=C1C(C)=O. The van der Waals surface area contributed by atoms with Crippen LogP contribution in [-0.2, 0) is 18.4 Å². The molecule has 13 heavy (non-hydrogen) atoms. The number of hydrogen-bond donors (Lipinski definition) is 0. The molecule has 5 heteroatoms. The topological polar surface area (TPSA) is 52.6 Å². The van der Waals surface area contributed by atoms with Gasteiger partial charge in [0.25, 0.3) is 0 Å². The van der Waals surface area contributed by atoms with Gasteiger partial charge in [0.1, 0.15) is 5.31 Å². The van der Waals surface area contributed by atoms with Crippen LogP contribution in [0.1, 0.15) is 20.8 Å². The average molecular weight is 204 g/mol. The molecule has 0 bridgehead atoms. The number of Topliss-reactive ketones (excluding diaryl/α,β-unsaturated/α-hetero) is 1. The Bertz CT molecular complexity index is 295. The van der Waals surface area contributed by atoms with Crippen molar-refractivity contribution < 1.29 is 18.4 Å². The Balaban J connectivity index is 2.95. The maximum atomic E-state index is 11.9. The Morgan fingerprint density at radius 3 is 2.85 bits per heavy atom. The first-order chi connectivity index (χ1) is 5.99. The lowest BCUT2D eigenvalue weighted by Gasteiger charge is -2.13. The van der Waals surface area contributed by atoms with Crippen molar-refractivity contribution >= 4 is 13.4 Å². The molecule has 4 nitrogen and oxygen atoms in total. The summed E-state index contributed by atoms with van der Waals surface area (Å²) in [5, 5.41) is 0.182. The fourth-order valence-corrected chi connectivity index (χ4v) is 3.13. The molecule has 0 N–H and O–H groups in total. The van der Waals surface area contributed by atoms with Gasteiger partial charge in [0.2, 0.25) is 0 Å². The Kier molecular flexibility index (Phi) is 3.06. The second kappa shape index (κ2) is 3.74. The molecular formula is C8H13O4P. The molecule has 0 aromatic rings. The number of rotatable bonds is 3. The number of carbonyl (C=O) groups excluding carboxylic acids is 1. The van der Waals surface area contributed by atoms with Crippen molar-refractivity contribution in [3.8, 4) is 0 Å². The zero-order valence-electron chi connectivity index (χ0n) is 7.94. The van der Waals surface area contributed by atoms with Crippen LogP contribution in [0.4, 0.5) is 0 Å². The van der Waals surface area contributed by atoms with E-state index in [1.54, 1.807) is 19.9 Å². The largest absolute Gasteiger partial charge is 0.365 e. The van der Waals surface area contributed by atoms with Gasteiger partial charge in [-0.2, -0.15) is 0 Å². The molecule has 0 aromatic heterocycles. The third-order valence-electron chi connectivity index (χ3n) is 1.65. The summed E-state index contributed by atoms with van der Waals surface area (Å²) < 4.78 is 21.9. The van der Waals surface area contributed by atoms with Gasteiger partial charge < -0.3 is 4.52 Å². The highest BCUT2D eigenvalue weighted by molar-refractivity contribution is 7.60. The van der Waals surface area contributed by atoms with Crippen molar-refractivity contribution in [2.75, 3.05) is 6.61 Å². The molecule has 0 aliphatic carbocycles. The maximum Gasteiger partial charge on any atom is 0.365 e. The molecule has 0 saturated heterocycles. The van der Waals surface area contributed by atoms with Crippen molar-refractivity contribution in [3.63, 3.8) is 0 Å². The van der Waals surface area contributed by atoms with E-state index in [0.717, 1.165) is 0 Å². The highest BCUT2D eigenvalue weighted by Gasteiger charge is 2.39. The Morgan fingerprint density at radius 1 is 1.77 bits per heavy atom. The minimum absolute atomic E-state index is 0.182. The number of hydrogen-bond acceptors (Lipinski definition) is 4. The third-order valence-corrected chi connectivity index (χ3v) is 3.91. The molecule has 1 heterocycles. The minimum Gasteiger partial charge on any atom is -0.305 e. The number of carbonyl (C=O) groups is 1. The predicted molar refractivity (Wildman–Crippen MR) is 48.5 cm³/mol. The summed E-state index contributed by atoms with van der Waals surface area (Å²) in [6.07, 6.45) is 1.25. The summed E-state index contributed by atoms with van der Waals surface area (Å²) in [6.45, 7) is 5.07. The zero-order chi connectivity index (χ0) is 10.1. The summed E-state index contributed by atoms with van der Waals surface area (Å²) in [5.41, 5.74) is 0. The summed E-state index contributed by atoms with van der Waals surface area (Å²) in [6, 6.07) is 0. The molecule has 0 saturated carbocycles. The first-order valence-electron chi connectivity index (χ1n) is 4.16.